The summed E-state index contributed by atoms with van der Waals surface area (Å²) in [5.41, 5.74) is 5.46. The summed E-state index contributed by atoms with van der Waals surface area (Å²) in [5.74, 6) is 1.04. The van der Waals surface area contributed by atoms with Crippen LogP contribution in [-0.4, -0.2) is 27.2 Å². The van der Waals surface area contributed by atoms with E-state index in [0.717, 1.165) is 0 Å². The predicted molar refractivity (Wildman–Crippen MR) is 51.2 cm³/mol. The molecule has 1 rings (SSSR count). The van der Waals surface area contributed by atoms with E-state index in [-0.39, 0.29) is 6.04 Å². The second kappa shape index (κ2) is 4.04. The smallest absolute Gasteiger partial charge is 0.131 e. The van der Waals surface area contributed by atoms with Gasteiger partial charge in [-0.1, -0.05) is 0 Å². The number of anilines is 2. The Kier molecular flexibility index (Phi) is 3.02. The molecule has 0 amide bonds. The van der Waals surface area contributed by atoms with Gasteiger partial charge in [0.1, 0.15) is 18.0 Å². The molecule has 2 atom stereocenters. The third kappa shape index (κ3) is 2.87. The minimum absolute atomic E-state index is 0.0608. The summed E-state index contributed by atoms with van der Waals surface area (Å²) in [7, 11) is 0. The molecule has 0 aliphatic carbocycles. The van der Waals surface area contributed by atoms with E-state index in [1.165, 1.54) is 6.33 Å². The molecule has 0 aromatic carbocycles. The number of nitrogens with zero attached hydrogens (tertiary/aromatic N) is 2. The lowest BCUT2D eigenvalue weighted by Crippen LogP contribution is -2.28. The molecule has 13 heavy (non-hydrogen) atoms. The van der Waals surface area contributed by atoms with E-state index in [1.807, 2.05) is 6.92 Å². The van der Waals surface area contributed by atoms with Crippen LogP contribution in [0.5, 0.6) is 0 Å². The third-order valence-corrected chi connectivity index (χ3v) is 1.79. The van der Waals surface area contributed by atoms with Gasteiger partial charge in [0.25, 0.3) is 0 Å². The van der Waals surface area contributed by atoms with Crippen molar-refractivity contribution in [2.75, 3.05) is 11.1 Å². The Morgan fingerprint density at radius 1 is 1.46 bits per heavy atom. The van der Waals surface area contributed by atoms with Crippen LogP contribution >= 0.6 is 0 Å². The number of nitrogen functional groups attached to an aromatic ring is 1. The molecule has 0 fully saturated rings. The van der Waals surface area contributed by atoms with Gasteiger partial charge in [-0.3, -0.25) is 0 Å². The molecule has 5 nitrogen and oxygen atoms in total. The van der Waals surface area contributed by atoms with Crippen LogP contribution in [0.15, 0.2) is 12.4 Å². The van der Waals surface area contributed by atoms with Crippen LogP contribution in [0.2, 0.25) is 0 Å². The van der Waals surface area contributed by atoms with Crippen LogP contribution in [0, 0.1) is 0 Å². The summed E-state index contributed by atoms with van der Waals surface area (Å²) in [4.78, 5) is 7.70. The van der Waals surface area contributed by atoms with Crippen molar-refractivity contribution in [3.8, 4) is 0 Å². The molecule has 0 aliphatic rings. The highest BCUT2D eigenvalue weighted by molar-refractivity contribution is 5.43. The molecule has 72 valence electrons. The molecular weight excluding hydrogens is 168 g/mol. The number of aliphatic hydroxyl groups is 1. The summed E-state index contributed by atoms with van der Waals surface area (Å²) in [6.07, 6.45) is 0.947. The third-order valence-electron chi connectivity index (χ3n) is 1.79. The molecule has 0 spiro atoms. The molecule has 0 saturated heterocycles. The van der Waals surface area contributed by atoms with Gasteiger partial charge in [-0.05, 0) is 13.8 Å². The maximum atomic E-state index is 9.21. The lowest BCUT2D eigenvalue weighted by Gasteiger charge is -2.16. The number of rotatable bonds is 3. The van der Waals surface area contributed by atoms with Crippen molar-refractivity contribution >= 4 is 11.6 Å². The maximum absolute atomic E-state index is 9.21. The second-order valence-electron chi connectivity index (χ2n) is 3.00. The number of nitrogens with two attached hydrogens (primary N) is 1. The number of hydrogen-bond donors (Lipinski definition) is 3. The standard InChI is InChI=1S/C8H14N4O/c1-5(6(2)13)12-8-3-7(9)10-4-11-8/h3-6,13H,1-2H3,(H3,9,10,11,12). The molecule has 5 heteroatoms. The molecule has 1 heterocycles. The van der Waals surface area contributed by atoms with Gasteiger partial charge in [0, 0.05) is 6.07 Å². The molecular formula is C8H14N4O. The Morgan fingerprint density at radius 2 is 2.15 bits per heavy atom. The first-order valence-corrected chi connectivity index (χ1v) is 4.11. The van der Waals surface area contributed by atoms with Gasteiger partial charge in [-0.2, -0.15) is 0 Å². The fourth-order valence-electron chi connectivity index (χ4n) is 0.805. The van der Waals surface area contributed by atoms with Crippen LogP contribution in [0.4, 0.5) is 11.6 Å². The van der Waals surface area contributed by atoms with E-state index < -0.39 is 6.10 Å². The molecule has 1 aromatic rings. The Hall–Kier alpha value is -1.36. The maximum Gasteiger partial charge on any atom is 0.131 e. The topological polar surface area (TPSA) is 84.1 Å². The van der Waals surface area contributed by atoms with Crippen LogP contribution in [0.25, 0.3) is 0 Å². The average Bonchev–Trinajstić information content (AvgIpc) is 2.04. The van der Waals surface area contributed by atoms with Gasteiger partial charge >= 0.3 is 0 Å². The molecule has 0 bridgehead atoms. The van der Waals surface area contributed by atoms with E-state index in [2.05, 4.69) is 15.3 Å². The Balaban J connectivity index is 2.64. The van der Waals surface area contributed by atoms with E-state index in [4.69, 9.17) is 5.73 Å². The number of aromatic nitrogens is 2. The predicted octanol–water partition coefficient (Wildman–Crippen LogP) is 0.240. The SMILES string of the molecule is CC(O)C(C)Nc1cc(N)ncn1. The van der Waals surface area contributed by atoms with E-state index >= 15 is 0 Å². The zero-order valence-electron chi connectivity index (χ0n) is 7.73. The summed E-state index contributed by atoms with van der Waals surface area (Å²) >= 11 is 0. The van der Waals surface area contributed by atoms with Crippen molar-refractivity contribution in [2.24, 2.45) is 0 Å². The highest BCUT2D eigenvalue weighted by atomic mass is 16.3. The van der Waals surface area contributed by atoms with Gasteiger partial charge in [0.15, 0.2) is 0 Å². The second-order valence-corrected chi connectivity index (χ2v) is 3.00. The van der Waals surface area contributed by atoms with Gasteiger partial charge in [0.05, 0.1) is 12.1 Å². The quantitative estimate of drug-likeness (QED) is 0.623. The van der Waals surface area contributed by atoms with Crippen LogP contribution < -0.4 is 11.1 Å². The van der Waals surface area contributed by atoms with Crippen molar-refractivity contribution in [1.29, 1.82) is 0 Å². The lowest BCUT2D eigenvalue weighted by molar-refractivity contribution is 0.177. The fraction of sp³-hybridized carbons (Fsp3) is 0.500. The van der Waals surface area contributed by atoms with Crippen molar-refractivity contribution in [2.45, 2.75) is 26.0 Å². The molecule has 2 unspecified atom stereocenters. The Morgan fingerprint density at radius 3 is 2.69 bits per heavy atom. The normalized spacial score (nSPS) is 15.0. The van der Waals surface area contributed by atoms with E-state index in [0.29, 0.717) is 11.6 Å². The molecule has 0 aliphatic heterocycles. The fourth-order valence-corrected chi connectivity index (χ4v) is 0.805. The summed E-state index contributed by atoms with van der Waals surface area (Å²) in [6.45, 7) is 3.57. The van der Waals surface area contributed by atoms with Gasteiger partial charge < -0.3 is 16.2 Å². The van der Waals surface area contributed by atoms with Crippen molar-refractivity contribution < 1.29 is 5.11 Å². The van der Waals surface area contributed by atoms with Crippen LogP contribution in [0.1, 0.15) is 13.8 Å². The van der Waals surface area contributed by atoms with E-state index in [9.17, 15) is 5.11 Å². The number of aliphatic hydroxyl groups excluding tert-OH is 1. The first-order chi connectivity index (χ1) is 6.09. The Bertz CT molecular complexity index is 277. The zero-order chi connectivity index (χ0) is 9.84. The van der Waals surface area contributed by atoms with Crippen LogP contribution in [-0.2, 0) is 0 Å². The van der Waals surface area contributed by atoms with Gasteiger partial charge in [0.2, 0.25) is 0 Å². The molecule has 4 N–H and O–H groups in total. The first kappa shape index (κ1) is 9.73. The van der Waals surface area contributed by atoms with Crippen molar-refractivity contribution in [3.05, 3.63) is 12.4 Å². The van der Waals surface area contributed by atoms with Crippen LogP contribution in [0.3, 0.4) is 0 Å². The highest BCUT2D eigenvalue weighted by Crippen LogP contribution is 2.07. The van der Waals surface area contributed by atoms with Gasteiger partial charge in [-0.15, -0.1) is 0 Å². The zero-order valence-corrected chi connectivity index (χ0v) is 7.73. The summed E-state index contributed by atoms with van der Waals surface area (Å²) in [6, 6.07) is 1.56. The van der Waals surface area contributed by atoms with Gasteiger partial charge in [-0.25, -0.2) is 9.97 Å². The molecule has 0 saturated carbocycles. The van der Waals surface area contributed by atoms with E-state index in [1.54, 1.807) is 13.0 Å². The number of hydrogen-bond acceptors (Lipinski definition) is 5. The minimum Gasteiger partial charge on any atom is -0.391 e. The Labute approximate surface area is 77.0 Å². The van der Waals surface area contributed by atoms with Crippen molar-refractivity contribution in [3.63, 3.8) is 0 Å². The minimum atomic E-state index is -0.434. The monoisotopic (exact) mass is 182 g/mol. The van der Waals surface area contributed by atoms with Crippen molar-refractivity contribution in [1.82, 2.24) is 9.97 Å². The average molecular weight is 182 g/mol. The summed E-state index contributed by atoms with van der Waals surface area (Å²) < 4.78 is 0. The molecule has 0 radical (unpaired) electrons. The highest BCUT2D eigenvalue weighted by Gasteiger charge is 2.08. The molecule has 1 aromatic heterocycles. The lowest BCUT2D eigenvalue weighted by atomic mass is 10.2. The first-order valence-electron chi connectivity index (χ1n) is 4.11. The largest absolute Gasteiger partial charge is 0.391 e. The summed E-state index contributed by atoms with van der Waals surface area (Å²) in [5, 5.41) is 12.2. The number of nitrogens with one attached hydrogen (secondary N) is 1.